The zero-order chi connectivity index (χ0) is 14.0. The van der Waals surface area contributed by atoms with Gasteiger partial charge in [-0.2, -0.15) is 0 Å². The molecule has 0 saturated carbocycles. The average molecular weight is 302 g/mol. The molecule has 0 atom stereocenters. The molecule has 1 N–H and O–H groups in total. The van der Waals surface area contributed by atoms with E-state index in [2.05, 4.69) is 15.5 Å². The molecule has 0 spiro atoms. The molecule has 0 saturated heterocycles. The first kappa shape index (κ1) is 14.0. The standard InChI is InChI=1S/C10H14N4O3S2/c1-7-12-13-10(18-7)11-6-8-4-5-9(17-8)19(15,16)14(2)3/h4-5H,6H2,1-3H3,(H,11,13). The summed E-state index contributed by atoms with van der Waals surface area (Å²) >= 11 is 1.42. The number of sulfonamides is 1. The molecule has 0 aromatic carbocycles. The third kappa shape index (κ3) is 3.11. The maximum Gasteiger partial charge on any atom is 0.275 e. The third-order valence-electron chi connectivity index (χ3n) is 2.31. The quantitative estimate of drug-likeness (QED) is 0.895. The third-order valence-corrected chi connectivity index (χ3v) is 4.80. The van der Waals surface area contributed by atoms with Gasteiger partial charge in [0.05, 0.1) is 6.54 Å². The fraction of sp³-hybridized carbons (Fsp3) is 0.400. The molecule has 0 bridgehead atoms. The van der Waals surface area contributed by atoms with Crippen molar-refractivity contribution in [3.8, 4) is 0 Å². The van der Waals surface area contributed by atoms with E-state index in [0.29, 0.717) is 17.4 Å². The van der Waals surface area contributed by atoms with Gasteiger partial charge in [0.1, 0.15) is 10.8 Å². The van der Waals surface area contributed by atoms with Gasteiger partial charge in [-0.25, -0.2) is 12.7 Å². The van der Waals surface area contributed by atoms with E-state index in [0.717, 1.165) is 9.31 Å². The Labute approximate surface area is 115 Å². The second-order valence-electron chi connectivity index (χ2n) is 3.99. The highest BCUT2D eigenvalue weighted by atomic mass is 32.2. The van der Waals surface area contributed by atoms with Gasteiger partial charge < -0.3 is 9.73 Å². The van der Waals surface area contributed by atoms with Gasteiger partial charge in [-0.05, 0) is 19.1 Å². The number of rotatable bonds is 5. The molecule has 0 aliphatic heterocycles. The first-order valence-corrected chi connectivity index (χ1v) is 7.70. The lowest BCUT2D eigenvalue weighted by Crippen LogP contribution is -2.21. The van der Waals surface area contributed by atoms with E-state index < -0.39 is 10.0 Å². The van der Waals surface area contributed by atoms with Gasteiger partial charge in [-0.15, -0.1) is 10.2 Å². The second-order valence-corrected chi connectivity index (χ2v) is 7.25. The highest BCUT2D eigenvalue weighted by Gasteiger charge is 2.21. The van der Waals surface area contributed by atoms with Crippen LogP contribution in [0.5, 0.6) is 0 Å². The number of furan rings is 1. The van der Waals surface area contributed by atoms with Crippen molar-refractivity contribution in [2.75, 3.05) is 19.4 Å². The first-order chi connectivity index (χ1) is 8.89. The molecule has 0 fully saturated rings. The normalized spacial score (nSPS) is 12.0. The molecule has 104 valence electrons. The fourth-order valence-corrected chi connectivity index (χ4v) is 2.70. The molecule has 0 radical (unpaired) electrons. The molecule has 0 aliphatic rings. The van der Waals surface area contributed by atoms with Crippen LogP contribution in [0.1, 0.15) is 10.8 Å². The highest BCUT2D eigenvalue weighted by molar-refractivity contribution is 7.88. The fourth-order valence-electron chi connectivity index (χ4n) is 1.30. The van der Waals surface area contributed by atoms with E-state index in [1.54, 1.807) is 6.07 Å². The molecule has 2 heterocycles. The van der Waals surface area contributed by atoms with Crippen molar-refractivity contribution in [3.05, 3.63) is 22.9 Å². The van der Waals surface area contributed by atoms with Crippen LogP contribution in [0.15, 0.2) is 21.6 Å². The number of nitrogens with one attached hydrogen (secondary N) is 1. The smallest absolute Gasteiger partial charge is 0.275 e. The molecule has 7 nitrogen and oxygen atoms in total. The summed E-state index contributed by atoms with van der Waals surface area (Å²) in [4.78, 5) is 0. The van der Waals surface area contributed by atoms with Crippen molar-refractivity contribution in [3.63, 3.8) is 0 Å². The van der Waals surface area contributed by atoms with Crippen molar-refractivity contribution >= 4 is 26.5 Å². The Morgan fingerprint density at radius 1 is 1.37 bits per heavy atom. The summed E-state index contributed by atoms with van der Waals surface area (Å²) in [6.07, 6.45) is 0. The van der Waals surface area contributed by atoms with Gasteiger partial charge in [0, 0.05) is 14.1 Å². The maximum absolute atomic E-state index is 11.8. The van der Waals surface area contributed by atoms with E-state index in [-0.39, 0.29) is 5.09 Å². The minimum Gasteiger partial charge on any atom is -0.446 e. The van der Waals surface area contributed by atoms with E-state index >= 15 is 0 Å². The zero-order valence-corrected chi connectivity index (χ0v) is 12.4. The van der Waals surface area contributed by atoms with E-state index in [9.17, 15) is 8.42 Å². The van der Waals surface area contributed by atoms with Crippen molar-refractivity contribution in [2.45, 2.75) is 18.6 Å². The molecular weight excluding hydrogens is 288 g/mol. The Morgan fingerprint density at radius 2 is 2.11 bits per heavy atom. The Morgan fingerprint density at radius 3 is 2.68 bits per heavy atom. The van der Waals surface area contributed by atoms with Gasteiger partial charge in [0.25, 0.3) is 10.0 Å². The highest BCUT2D eigenvalue weighted by Crippen LogP contribution is 2.19. The number of aromatic nitrogens is 2. The van der Waals surface area contributed by atoms with Gasteiger partial charge >= 0.3 is 0 Å². The number of aryl methyl sites for hydroxylation is 1. The summed E-state index contributed by atoms with van der Waals surface area (Å²) in [7, 11) is -0.605. The minimum absolute atomic E-state index is 0.0669. The van der Waals surface area contributed by atoms with Crippen molar-refractivity contribution < 1.29 is 12.8 Å². The predicted octanol–water partition coefficient (Wildman–Crippen LogP) is 1.30. The number of nitrogens with zero attached hydrogens (tertiary/aromatic N) is 3. The molecule has 9 heteroatoms. The number of hydrogen-bond donors (Lipinski definition) is 1. The van der Waals surface area contributed by atoms with Gasteiger partial charge in [0.15, 0.2) is 0 Å². The molecule has 2 aromatic rings. The Balaban J connectivity index is 2.06. The SMILES string of the molecule is Cc1nnc(NCc2ccc(S(=O)(=O)N(C)C)o2)s1. The largest absolute Gasteiger partial charge is 0.446 e. The molecule has 0 unspecified atom stereocenters. The van der Waals surface area contributed by atoms with Crippen LogP contribution in [0, 0.1) is 6.92 Å². The lowest BCUT2D eigenvalue weighted by atomic mass is 10.4. The summed E-state index contributed by atoms with van der Waals surface area (Å²) in [5, 5.41) is 12.3. The van der Waals surface area contributed by atoms with Crippen LogP contribution in [0.2, 0.25) is 0 Å². The van der Waals surface area contributed by atoms with Crippen LogP contribution < -0.4 is 5.32 Å². The number of hydrogen-bond acceptors (Lipinski definition) is 7. The first-order valence-electron chi connectivity index (χ1n) is 5.45. The van der Waals surface area contributed by atoms with Gasteiger partial charge in [-0.3, -0.25) is 0 Å². The molecular formula is C10H14N4O3S2. The van der Waals surface area contributed by atoms with E-state index in [4.69, 9.17) is 4.42 Å². The van der Waals surface area contributed by atoms with Crippen LogP contribution in [0.4, 0.5) is 5.13 Å². The van der Waals surface area contributed by atoms with E-state index in [1.165, 1.54) is 31.5 Å². The molecule has 19 heavy (non-hydrogen) atoms. The van der Waals surface area contributed by atoms with Gasteiger partial charge in [-0.1, -0.05) is 11.3 Å². The summed E-state index contributed by atoms with van der Waals surface area (Å²) < 4.78 is 30.0. The Hall–Kier alpha value is -1.45. The Bertz CT molecular complexity index is 660. The summed E-state index contributed by atoms with van der Waals surface area (Å²) in [5.41, 5.74) is 0. The van der Waals surface area contributed by atoms with Crippen LogP contribution in [-0.2, 0) is 16.6 Å². The van der Waals surface area contributed by atoms with Crippen molar-refractivity contribution in [1.29, 1.82) is 0 Å². The lowest BCUT2D eigenvalue weighted by Gasteiger charge is -2.07. The van der Waals surface area contributed by atoms with Crippen LogP contribution in [0.25, 0.3) is 0 Å². The molecule has 0 amide bonds. The zero-order valence-electron chi connectivity index (χ0n) is 10.7. The average Bonchev–Trinajstić information content (AvgIpc) is 2.95. The second kappa shape index (κ2) is 5.27. The minimum atomic E-state index is -3.52. The lowest BCUT2D eigenvalue weighted by molar-refractivity contribution is 0.402. The summed E-state index contributed by atoms with van der Waals surface area (Å²) in [6, 6.07) is 3.06. The molecule has 2 aromatic heterocycles. The van der Waals surface area contributed by atoms with Crippen LogP contribution in [0.3, 0.4) is 0 Å². The maximum atomic E-state index is 11.8. The topological polar surface area (TPSA) is 88.3 Å². The predicted molar refractivity (Wildman–Crippen MR) is 71.6 cm³/mol. The summed E-state index contributed by atoms with van der Waals surface area (Å²) in [5.74, 6) is 0.522. The monoisotopic (exact) mass is 302 g/mol. The molecule has 2 rings (SSSR count). The molecule has 0 aliphatic carbocycles. The van der Waals surface area contributed by atoms with Crippen molar-refractivity contribution in [2.24, 2.45) is 0 Å². The van der Waals surface area contributed by atoms with Gasteiger partial charge in [0.2, 0.25) is 10.2 Å². The number of anilines is 1. The van der Waals surface area contributed by atoms with E-state index in [1.807, 2.05) is 6.92 Å². The van der Waals surface area contributed by atoms with Crippen LogP contribution >= 0.6 is 11.3 Å². The summed E-state index contributed by atoms with van der Waals surface area (Å²) in [6.45, 7) is 2.22. The van der Waals surface area contributed by atoms with Crippen molar-refractivity contribution in [1.82, 2.24) is 14.5 Å². The Kier molecular flexibility index (Phi) is 3.88. The van der Waals surface area contributed by atoms with Crippen LogP contribution in [-0.4, -0.2) is 37.0 Å².